The Morgan fingerprint density at radius 2 is 1.58 bits per heavy atom. The molecule has 2 aromatic rings. The predicted molar refractivity (Wildman–Crippen MR) is 128 cm³/mol. The average Bonchev–Trinajstić information content (AvgIpc) is 3.51. The number of ether oxygens (including phenoxy) is 1. The molecule has 4 rings (SSSR count). The van der Waals surface area contributed by atoms with Crippen LogP contribution in [0, 0.1) is 11.8 Å². The van der Waals surface area contributed by atoms with Crippen molar-refractivity contribution < 1.29 is 14.0 Å². The average molecular weight is 435 g/mol. The normalized spacial score (nSPS) is 25.3. The van der Waals surface area contributed by atoms with Crippen molar-refractivity contribution >= 4 is 24.7 Å². The van der Waals surface area contributed by atoms with Crippen molar-refractivity contribution in [1.82, 2.24) is 0 Å². The number of carbonyl (C=O) groups is 1. The SMILES string of the molecule is CC(C)(C)[Si](OC[C@@H]1C[C@H]1[C@H]1C/C=C\CCC(=O)O1)(c1ccccc1)c1ccccc1. The van der Waals surface area contributed by atoms with Crippen molar-refractivity contribution in [3.05, 3.63) is 72.8 Å². The maximum Gasteiger partial charge on any atom is 0.306 e. The van der Waals surface area contributed by atoms with Gasteiger partial charge in [-0.1, -0.05) is 93.6 Å². The first kappa shape index (κ1) is 22.0. The van der Waals surface area contributed by atoms with Gasteiger partial charge in [0.05, 0.1) is 0 Å². The van der Waals surface area contributed by atoms with E-state index in [1.165, 1.54) is 10.4 Å². The minimum absolute atomic E-state index is 0.00296. The number of carbonyl (C=O) groups excluding carboxylic acids is 1. The molecule has 0 unspecified atom stereocenters. The van der Waals surface area contributed by atoms with Crippen LogP contribution in [0.2, 0.25) is 5.04 Å². The van der Waals surface area contributed by atoms with Crippen molar-refractivity contribution in [2.75, 3.05) is 6.61 Å². The number of rotatable bonds is 6. The number of esters is 1. The third kappa shape index (κ3) is 4.70. The molecular weight excluding hydrogens is 400 g/mol. The Hall–Kier alpha value is -2.17. The van der Waals surface area contributed by atoms with Crippen molar-refractivity contribution in [1.29, 1.82) is 0 Å². The molecule has 1 aliphatic heterocycles. The molecule has 0 aromatic heterocycles. The van der Waals surface area contributed by atoms with E-state index in [9.17, 15) is 4.79 Å². The molecule has 2 aliphatic rings. The van der Waals surface area contributed by atoms with E-state index in [4.69, 9.17) is 9.16 Å². The van der Waals surface area contributed by atoms with Gasteiger partial charge < -0.3 is 9.16 Å². The second-order valence-electron chi connectivity index (χ2n) is 9.91. The molecule has 164 valence electrons. The fraction of sp³-hybridized carbons (Fsp3) is 0.444. The van der Waals surface area contributed by atoms with Gasteiger partial charge in [0.2, 0.25) is 0 Å². The van der Waals surface area contributed by atoms with Crippen LogP contribution in [-0.2, 0) is 14.0 Å². The molecule has 2 aromatic carbocycles. The summed E-state index contributed by atoms with van der Waals surface area (Å²) < 4.78 is 12.9. The van der Waals surface area contributed by atoms with Crippen molar-refractivity contribution in [2.45, 2.75) is 57.6 Å². The Labute approximate surface area is 187 Å². The second-order valence-corrected chi connectivity index (χ2v) is 14.2. The molecule has 0 amide bonds. The van der Waals surface area contributed by atoms with Crippen LogP contribution in [-0.4, -0.2) is 27.0 Å². The van der Waals surface area contributed by atoms with Crippen LogP contribution in [0.1, 0.15) is 46.5 Å². The van der Waals surface area contributed by atoms with Crippen LogP contribution >= 0.6 is 0 Å². The highest BCUT2D eigenvalue weighted by atomic mass is 28.4. The van der Waals surface area contributed by atoms with Gasteiger partial charge in [0.15, 0.2) is 0 Å². The quantitative estimate of drug-likeness (QED) is 0.370. The lowest BCUT2D eigenvalue weighted by molar-refractivity contribution is -0.150. The van der Waals surface area contributed by atoms with E-state index in [0.717, 1.165) is 25.9 Å². The predicted octanol–water partition coefficient (Wildman–Crippen LogP) is 4.85. The number of benzene rings is 2. The Bertz CT molecular complexity index is 862. The van der Waals surface area contributed by atoms with E-state index in [1.54, 1.807) is 0 Å². The van der Waals surface area contributed by atoms with Crippen LogP contribution in [0.4, 0.5) is 0 Å². The maximum absolute atomic E-state index is 12.0. The Morgan fingerprint density at radius 3 is 2.16 bits per heavy atom. The first-order valence-electron chi connectivity index (χ1n) is 11.5. The van der Waals surface area contributed by atoms with E-state index in [2.05, 4.69) is 93.6 Å². The molecule has 3 atom stereocenters. The van der Waals surface area contributed by atoms with E-state index in [1.807, 2.05) is 0 Å². The van der Waals surface area contributed by atoms with Crippen LogP contribution in [0.5, 0.6) is 0 Å². The van der Waals surface area contributed by atoms with Crippen LogP contribution in [0.3, 0.4) is 0 Å². The summed E-state index contributed by atoms with van der Waals surface area (Å²) in [4.78, 5) is 12.0. The van der Waals surface area contributed by atoms with Gasteiger partial charge in [-0.15, -0.1) is 0 Å². The summed E-state index contributed by atoms with van der Waals surface area (Å²) in [5, 5.41) is 2.60. The van der Waals surface area contributed by atoms with Gasteiger partial charge >= 0.3 is 5.97 Å². The molecule has 1 fully saturated rings. The number of hydrogen-bond donors (Lipinski definition) is 0. The first-order valence-corrected chi connectivity index (χ1v) is 13.4. The number of allylic oxidation sites excluding steroid dienone is 1. The zero-order valence-electron chi connectivity index (χ0n) is 18.9. The summed E-state index contributed by atoms with van der Waals surface area (Å²) in [5.74, 6) is 0.796. The molecule has 1 aliphatic carbocycles. The maximum atomic E-state index is 12.0. The van der Waals surface area contributed by atoms with Crippen molar-refractivity contribution in [3.8, 4) is 0 Å². The molecule has 4 heteroatoms. The lowest BCUT2D eigenvalue weighted by Crippen LogP contribution is -2.66. The van der Waals surface area contributed by atoms with Crippen LogP contribution < -0.4 is 10.4 Å². The van der Waals surface area contributed by atoms with Gasteiger partial charge in [-0.25, -0.2) is 0 Å². The van der Waals surface area contributed by atoms with Crippen molar-refractivity contribution in [2.24, 2.45) is 11.8 Å². The summed E-state index contributed by atoms with van der Waals surface area (Å²) in [6.45, 7) is 7.65. The Balaban J connectivity index is 1.57. The second kappa shape index (κ2) is 9.13. The summed E-state index contributed by atoms with van der Waals surface area (Å²) in [7, 11) is -2.50. The highest BCUT2D eigenvalue weighted by Crippen LogP contribution is 2.46. The summed E-state index contributed by atoms with van der Waals surface area (Å²) in [6.07, 6.45) is 7.46. The minimum Gasteiger partial charge on any atom is -0.462 e. The third-order valence-corrected chi connectivity index (χ3v) is 11.7. The van der Waals surface area contributed by atoms with Gasteiger partial charge in [0.1, 0.15) is 6.10 Å². The molecule has 0 N–H and O–H groups in total. The Kier molecular flexibility index (Phi) is 6.49. The lowest BCUT2D eigenvalue weighted by atomic mass is 10.1. The standard InChI is InChI=1S/C27H34O3Si/c1-27(2,3)31(22-13-7-4-8-14-22,23-15-9-5-10-16-23)29-20-21-19-24(21)25-17-11-6-12-18-26(28)30-25/h4-11,13-16,21,24-25H,12,17-20H2,1-3H3/b11-6-/t21-,24+,25+/m0/s1. The molecule has 0 saturated heterocycles. The van der Waals surface area contributed by atoms with Gasteiger partial charge in [0, 0.05) is 25.4 Å². The first-order chi connectivity index (χ1) is 14.9. The van der Waals surface area contributed by atoms with Gasteiger partial charge in [0.25, 0.3) is 8.32 Å². The molecular formula is C27H34O3Si. The van der Waals surface area contributed by atoms with E-state index >= 15 is 0 Å². The molecule has 3 nitrogen and oxygen atoms in total. The zero-order chi connectivity index (χ0) is 21.9. The minimum atomic E-state index is -2.50. The highest BCUT2D eigenvalue weighted by Gasteiger charge is 2.52. The van der Waals surface area contributed by atoms with Crippen LogP contribution in [0.15, 0.2) is 72.8 Å². The van der Waals surface area contributed by atoms with E-state index in [-0.39, 0.29) is 17.1 Å². The third-order valence-electron chi connectivity index (χ3n) is 6.72. The van der Waals surface area contributed by atoms with Gasteiger partial charge in [-0.2, -0.15) is 0 Å². The summed E-state index contributed by atoms with van der Waals surface area (Å²) in [6, 6.07) is 21.6. The van der Waals surface area contributed by atoms with E-state index in [0.29, 0.717) is 18.3 Å². The fourth-order valence-electron chi connectivity index (χ4n) is 5.00. The largest absolute Gasteiger partial charge is 0.462 e. The van der Waals surface area contributed by atoms with Gasteiger partial charge in [-0.3, -0.25) is 4.79 Å². The molecule has 1 saturated carbocycles. The molecule has 0 bridgehead atoms. The van der Waals surface area contributed by atoms with E-state index < -0.39 is 8.32 Å². The Morgan fingerprint density at radius 1 is 0.968 bits per heavy atom. The van der Waals surface area contributed by atoms with Gasteiger partial charge in [-0.05, 0) is 34.2 Å². The van der Waals surface area contributed by atoms with Crippen molar-refractivity contribution in [3.63, 3.8) is 0 Å². The summed E-state index contributed by atoms with van der Waals surface area (Å²) in [5.41, 5.74) is 0. The molecule has 0 radical (unpaired) electrons. The smallest absolute Gasteiger partial charge is 0.306 e. The monoisotopic (exact) mass is 434 g/mol. The number of cyclic esters (lactones) is 1. The highest BCUT2D eigenvalue weighted by molar-refractivity contribution is 6.99. The summed E-state index contributed by atoms with van der Waals surface area (Å²) >= 11 is 0. The molecule has 31 heavy (non-hydrogen) atoms. The number of hydrogen-bond acceptors (Lipinski definition) is 3. The topological polar surface area (TPSA) is 35.5 Å². The van der Waals surface area contributed by atoms with Crippen LogP contribution in [0.25, 0.3) is 0 Å². The molecule has 1 heterocycles. The lowest BCUT2D eigenvalue weighted by Gasteiger charge is -2.43. The zero-order valence-corrected chi connectivity index (χ0v) is 19.9. The fourth-order valence-corrected chi connectivity index (χ4v) is 9.62. The molecule has 0 spiro atoms.